The van der Waals surface area contributed by atoms with E-state index < -0.39 is 0 Å². The Balaban J connectivity index is 1.60. The monoisotopic (exact) mass is 420 g/mol. The molecule has 0 bridgehead atoms. The third-order valence-corrected chi connectivity index (χ3v) is 5.74. The molecule has 1 saturated heterocycles. The number of ether oxygens (including phenoxy) is 3. The van der Waals surface area contributed by atoms with Crippen molar-refractivity contribution in [2.45, 2.75) is 6.04 Å². The molecule has 0 spiro atoms. The molecule has 0 saturated carbocycles. The summed E-state index contributed by atoms with van der Waals surface area (Å²) in [5.41, 5.74) is 1.72. The molecular formula is C25H28N2O4. The van der Waals surface area contributed by atoms with Crippen LogP contribution in [0.4, 0.5) is 0 Å². The zero-order chi connectivity index (χ0) is 21.6. The maximum Gasteiger partial charge on any atom is 0.251 e. The van der Waals surface area contributed by atoms with Crippen LogP contribution in [0.2, 0.25) is 0 Å². The molecule has 0 aromatic heterocycles. The van der Waals surface area contributed by atoms with E-state index in [9.17, 15) is 4.79 Å². The molecule has 162 valence electrons. The number of hydrogen-bond acceptors (Lipinski definition) is 5. The lowest BCUT2D eigenvalue weighted by atomic mass is 9.97. The Morgan fingerprint density at radius 2 is 1.68 bits per heavy atom. The molecule has 1 atom stereocenters. The second-order valence-electron chi connectivity index (χ2n) is 7.54. The van der Waals surface area contributed by atoms with Crippen molar-refractivity contribution < 1.29 is 19.0 Å². The van der Waals surface area contributed by atoms with E-state index in [2.05, 4.69) is 46.6 Å². The Kier molecular flexibility index (Phi) is 6.70. The largest absolute Gasteiger partial charge is 0.497 e. The van der Waals surface area contributed by atoms with E-state index in [0.717, 1.165) is 13.1 Å². The molecular weight excluding hydrogens is 392 g/mol. The summed E-state index contributed by atoms with van der Waals surface area (Å²) in [7, 11) is 3.15. The molecule has 4 rings (SSSR count). The van der Waals surface area contributed by atoms with Crippen LogP contribution in [0.1, 0.15) is 22.0 Å². The zero-order valence-electron chi connectivity index (χ0n) is 18.0. The van der Waals surface area contributed by atoms with Gasteiger partial charge in [-0.3, -0.25) is 9.69 Å². The molecule has 0 aliphatic carbocycles. The van der Waals surface area contributed by atoms with Crippen LogP contribution in [0.15, 0.2) is 60.7 Å². The predicted octanol–water partition coefficient (Wildman–Crippen LogP) is 3.66. The molecule has 1 fully saturated rings. The lowest BCUT2D eigenvalue weighted by molar-refractivity contribution is 0.0165. The van der Waals surface area contributed by atoms with Gasteiger partial charge >= 0.3 is 0 Å². The summed E-state index contributed by atoms with van der Waals surface area (Å²) in [4.78, 5) is 15.4. The summed E-state index contributed by atoms with van der Waals surface area (Å²) in [6, 6.07) is 20.0. The molecule has 3 aromatic rings. The summed E-state index contributed by atoms with van der Waals surface area (Å²) in [5.74, 6) is 1.02. The van der Waals surface area contributed by atoms with Gasteiger partial charge in [0.15, 0.2) is 0 Å². The van der Waals surface area contributed by atoms with Gasteiger partial charge in [-0.1, -0.05) is 42.5 Å². The molecule has 6 heteroatoms. The van der Waals surface area contributed by atoms with Crippen LogP contribution in [0.5, 0.6) is 11.5 Å². The van der Waals surface area contributed by atoms with Gasteiger partial charge in [0, 0.05) is 31.3 Å². The molecule has 1 amide bonds. The van der Waals surface area contributed by atoms with Gasteiger partial charge in [0.2, 0.25) is 0 Å². The quantitative estimate of drug-likeness (QED) is 0.632. The van der Waals surface area contributed by atoms with Crippen molar-refractivity contribution in [2.24, 2.45) is 0 Å². The average molecular weight is 421 g/mol. The number of benzene rings is 3. The van der Waals surface area contributed by atoms with Crippen molar-refractivity contribution in [1.82, 2.24) is 10.2 Å². The molecule has 1 aliphatic heterocycles. The number of rotatable bonds is 7. The van der Waals surface area contributed by atoms with Gasteiger partial charge in [-0.15, -0.1) is 0 Å². The Morgan fingerprint density at radius 1 is 1.00 bits per heavy atom. The summed E-state index contributed by atoms with van der Waals surface area (Å²) < 4.78 is 16.2. The van der Waals surface area contributed by atoms with Crippen molar-refractivity contribution >= 4 is 16.7 Å². The predicted molar refractivity (Wildman–Crippen MR) is 121 cm³/mol. The van der Waals surface area contributed by atoms with Crippen molar-refractivity contribution in [2.75, 3.05) is 47.1 Å². The highest BCUT2D eigenvalue weighted by Gasteiger charge is 2.25. The van der Waals surface area contributed by atoms with E-state index in [1.54, 1.807) is 32.4 Å². The van der Waals surface area contributed by atoms with Crippen LogP contribution < -0.4 is 14.8 Å². The van der Waals surface area contributed by atoms with E-state index in [1.165, 1.54) is 16.3 Å². The molecule has 1 unspecified atom stereocenters. The van der Waals surface area contributed by atoms with Crippen LogP contribution >= 0.6 is 0 Å². The van der Waals surface area contributed by atoms with Crippen LogP contribution in [-0.2, 0) is 4.74 Å². The minimum absolute atomic E-state index is 0.0476. The molecule has 1 heterocycles. The van der Waals surface area contributed by atoms with Crippen LogP contribution in [0.3, 0.4) is 0 Å². The van der Waals surface area contributed by atoms with Crippen molar-refractivity contribution in [1.29, 1.82) is 0 Å². The Bertz CT molecular complexity index is 1020. The van der Waals surface area contributed by atoms with Gasteiger partial charge in [-0.05, 0) is 28.5 Å². The lowest BCUT2D eigenvalue weighted by Crippen LogP contribution is -2.43. The first kappa shape index (κ1) is 21.2. The normalized spacial score (nSPS) is 15.4. The molecule has 6 nitrogen and oxygen atoms in total. The van der Waals surface area contributed by atoms with Gasteiger partial charge in [-0.2, -0.15) is 0 Å². The van der Waals surface area contributed by atoms with E-state index in [4.69, 9.17) is 14.2 Å². The van der Waals surface area contributed by atoms with Gasteiger partial charge in [0.25, 0.3) is 5.91 Å². The highest BCUT2D eigenvalue weighted by Crippen LogP contribution is 2.29. The van der Waals surface area contributed by atoms with Crippen LogP contribution in [0.25, 0.3) is 10.8 Å². The van der Waals surface area contributed by atoms with Gasteiger partial charge < -0.3 is 19.5 Å². The fourth-order valence-electron chi connectivity index (χ4n) is 4.10. The van der Waals surface area contributed by atoms with E-state index in [1.807, 2.05) is 6.07 Å². The first-order chi connectivity index (χ1) is 15.2. The second kappa shape index (κ2) is 9.81. The average Bonchev–Trinajstić information content (AvgIpc) is 2.84. The summed E-state index contributed by atoms with van der Waals surface area (Å²) >= 11 is 0. The number of hydrogen-bond donors (Lipinski definition) is 1. The third kappa shape index (κ3) is 4.81. The molecule has 0 radical (unpaired) electrons. The van der Waals surface area contributed by atoms with E-state index in [-0.39, 0.29) is 11.9 Å². The first-order valence-corrected chi connectivity index (χ1v) is 10.5. The highest BCUT2D eigenvalue weighted by molar-refractivity contribution is 5.95. The molecule has 3 aromatic carbocycles. The summed E-state index contributed by atoms with van der Waals surface area (Å²) in [6.07, 6.45) is 0. The zero-order valence-corrected chi connectivity index (χ0v) is 18.0. The minimum atomic E-state index is -0.157. The standard InChI is InChI=1S/C25H28N2O4/c1-29-20-14-19(15-21(16-20)30-2)25(28)26-17-24(27-10-12-31-13-11-27)23-9-5-7-18-6-3-4-8-22(18)23/h3-9,14-16,24H,10-13,17H2,1-2H3,(H,26,28). The smallest absolute Gasteiger partial charge is 0.251 e. The summed E-state index contributed by atoms with van der Waals surface area (Å²) in [6.45, 7) is 3.55. The topological polar surface area (TPSA) is 60.0 Å². The number of amides is 1. The number of fused-ring (bicyclic) bond motifs is 1. The number of morpholine rings is 1. The number of methoxy groups -OCH3 is 2. The Labute approximate surface area is 182 Å². The molecule has 31 heavy (non-hydrogen) atoms. The molecule has 1 aliphatic rings. The van der Waals surface area contributed by atoms with Crippen LogP contribution in [-0.4, -0.2) is 57.9 Å². The van der Waals surface area contributed by atoms with E-state index >= 15 is 0 Å². The SMILES string of the molecule is COc1cc(OC)cc(C(=O)NCC(c2cccc3ccccc23)N2CCOCC2)c1. The minimum Gasteiger partial charge on any atom is -0.497 e. The maximum absolute atomic E-state index is 13.0. The van der Waals surface area contributed by atoms with Crippen molar-refractivity contribution in [3.8, 4) is 11.5 Å². The number of carbonyl (C=O) groups excluding carboxylic acids is 1. The number of carbonyl (C=O) groups is 1. The molecule has 1 N–H and O–H groups in total. The highest BCUT2D eigenvalue weighted by atomic mass is 16.5. The Morgan fingerprint density at radius 3 is 2.39 bits per heavy atom. The second-order valence-corrected chi connectivity index (χ2v) is 7.54. The van der Waals surface area contributed by atoms with Gasteiger partial charge in [-0.25, -0.2) is 0 Å². The van der Waals surface area contributed by atoms with Crippen molar-refractivity contribution in [3.63, 3.8) is 0 Å². The Hall–Kier alpha value is -3.09. The summed E-state index contributed by atoms with van der Waals surface area (Å²) in [5, 5.41) is 5.53. The van der Waals surface area contributed by atoms with Gasteiger partial charge in [0.05, 0.1) is 33.5 Å². The lowest BCUT2D eigenvalue weighted by Gasteiger charge is -2.35. The van der Waals surface area contributed by atoms with Crippen molar-refractivity contribution in [3.05, 3.63) is 71.8 Å². The van der Waals surface area contributed by atoms with Crippen LogP contribution in [0, 0.1) is 0 Å². The fraction of sp³-hybridized carbons (Fsp3) is 0.320. The third-order valence-electron chi connectivity index (χ3n) is 5.74. The first-order valence-electron chi connectivity index (χ1n) is 10.5. The maximum atomic E-state index is 13.0. The number of nitrogens with zero attached hydrogens (tertiary/aromatic N) is 1. The fourth-order valence-corrected chi connectivity index (χ4v) is 4.10. The number of nitrogens with one attached hydrogen (secondary N) is 1. The van der Waals surface area contributed by atoms with E-state index in [0.29, 0.717) is 36.8 Å². The van der Waals surface area contributed by atoms with Gasteiger partial charge in [0.1, 0.15) is 11.5 Å².